The number of fused-ring (bicyclic) bond motifs is 1. The molecular weight excluding hydrogens is 346 g/mol. The van der Waals surface area contributed by atoms with Crippen molar-refractivity contribution >= 4 is 24.1 Å². The molecule has 0 bridgehead atoms. The molecule has 2 rings (SSSR count). The highest BCUT2D eigenvalue weighted by atomic mass is 16.5. The highest BCUT2D eigenvalue weighted by Gasteiger charge is 2.41. The minimum Gasteiger partial charge on any atom is -0.466 e. The first-order valence-corrected chi connectivity index (χ1v) is 8.91. The lowest BCUT2D eigenvalue weighted by Crippen LogP contribution is -2.33. The van der Waals surface area contributed by atoms with Crippen LogP contribution in [0, 0.1) is 0 Å². The van der Waals surface area contributed by atoms with Crippen molar-refractivity contribution in [1.82, 2.24) is 5.06 Å². The van der Waals surface area contributed by atoms with Crippen molar-refractivity contribution in [3.8, 4) is 0 Å². The SMILES string of the molecule is CC.COC(=O)/C=C/c1cc2c(cc1/C=C/C(=O)OC)C(C)(C)N(O)C2C. The van der Waals surface area contributed by atoms with Gasteiger partial charge in [0.25, 0.3) is 0 Å². The molecule has 1 unspecified atom stereocenters. The third kappa shape index (κ3) is 4.84. The van der Waals surface area contributed by atoms with Gasteiger partial charge in [0.2, 0.25) is 0 Å². The Morgan fingerprint density at radius 3 is 1.93 bits per heavy atom. The third-order valence-corrected chi connectivity index (χ3v) is 4.50. The van der Waals surface area contributed by atoms with Gasteiger partial charge in [-0.05, 0) is 67.3 Å². The summed E-state index contributed by atoms with van der Waals surface area (Å²) in [7, 11) is 2.61. The van der Waals surface area contributed by atoms with E-state index in [4.69, 9.17) is 0 Å². The molecule has 0 amide bonds. The maximum Gasteiger partial charge on any atom is 0.330 e. The number of hydroxylamine groups is 2. The Labute approximate surface area is 161 Å². The summed E-state index contributed by atoms with van der Waals surface area (Å²) in [6, 6.07) is 3.64. The van der Waals surface area contributed by atoms with Gasteiger partial charge >= 0.3 is 11.9 Å². The molecule has 6 heteroatoms. The van der Waals surface area contributed by atoms with Gasteiger partial charge in [-0.3, -0.25) is 0 Å². The van der Waals surface area contributed by atoms with Crippen LogP contribution in [-0.4, -0.2) is 36.4 Å². The van der Waals surface area contributed by atoms with E-state index in [1.807, 2.05) is 46.8 Å². The molecule has 27 heavy (non-hydrogen) atoms. The van der Waals surface area contributed by atoms with Crippen LogP contribution in [0.15, 0.2) is 24.3 Å². The number of methoxy groups -OCH3 is 2. The molecule has 0 spiro atoms. The first-order chi connectivity index (χ1) is 12.7. The van der Waals surface area contributed by atoms with Gasteiger partial charge in [-0.25, -0.2) is 9.59 Å². The Bertz CT molecular complexity index is 749. The summed E-state index contributed by atoms with van der Waals surface area (Å²) in [6.45, 7) is 9.76. The second-order valence-electron chi connectivity index (χ2n) is 6.36. The number of benzene rings is 1. The van der Waals surface area contributed by atoms with Crippen molar-refractivity contribution in [1.29, 1.82) is 0 Å². The van der Waals surface area contributed by atoms with Crippen molar-refractivity contribution in [2.75, 3.05) is 14.2 Å². The number of ether oxygens (including phenoxy) is 2. The number of nitrogens with zero attached hydrogens (tertiary/aromatic N) is 1. The molecule has 1 aromatic carbocycles. The van der Waals surface area contributed by atoms with Crippen LogP contribution in [0.4, 0.5) is 0 Å². The molecule has 1 aromatic rings. The summed E-state index contributed by atoms with van der Waals surface area (Å²) in [5, 5.41) is 11.7. The van der Waals surface area contributed by atoms with Crippen LogP contribution in [0.1, 0.15) is 62.9 Å². The minimum atomic E-state index is -0.562. The summed E-state index contributed by atoms with van der Waals surface area (Å²) in [6.07, 6.45) is 5.89. The molecule has 0 saturated heterocycles. The summed E-state index contributed by atoms with van der Waals surface area (Å²) >= 11 is 0. The molecule has 0 aromatic heterocycles. The first-order valence-electron chi connectivity index (χ1n) is 8.91. The number of rotatable bonds is 4. The monoisotopic (exact) mass is 375 g/mol. The second kappa shape index (κ2) is 9.48. The zero-order chi connectivity index (χ0) is 20.8. The van der Waals surface area contributed by atoms with Crippen LogP contribution >= 0.6 is 0 Å². The van der Waals surface area contributed by atoms with Crippen molar-refractivity contribution in [3.05, 3.63) is 46.5 Å². The quantitative estimate of drug-likeness (QED) is 0.631. The minimum absolute atomic E-state index is 0.186. The van der Waals surface area contributed by atoms with Crippen LogP contribution in [0.5, 0.6) is 0 Å². The van der Waals surface area contributed by atoms with E-state index in [1.165, 1.54) is 31.4 Å². The van der Waals surface area contributed by atoms with E-state index >= 15 is 0 Å². The third-order valence-electron chi connectivity index (χ3n) is 4.50. The van der Waals surface area contributed by atoms with Crippen molar-refractivity contribution in [2.45, 2.75) is 46.2 Å². The molecule has 1 heterocycles. The molecule has 1 aliphatic heterocycles. The van der Waals surface area contributed by atoms with E-state index in [9.17, 15) is 14.8 Å². The summed E-state index contributed by atoms with van der Waals surface area (Å²) in [5.74, 6) is -0.944. The van der Waals surface area contributed by atoms with Gasteiger partial charge in [-0.2, -0.15) is 5.06 Å². The standard InChI is InChI=1S/C19H23NO5.C2H6/c1-12-15-10-13(6-8-17(21)24-4)14(7-9-18(22)25-5)11-16(15)19(2,3)20(12)23;1-2/h6-12,23H,1-5H3;1-2H3/b8-6+,9-7+;. The Morgan fingerprint density at radius 2 is 1.48 bits per heavy atom. The maximum atomic E-state index is 11.4. The topological polar surface area (TPSA) is 76.1 Å². The number of carbonyl (C=O) groups is 2. The average molecular weight is 375 g/mol. The number of hydrogen-bond acceptors (Lipinski definition) is 6. The molecule has 1 N–H and O–H groups in total. The van der Waals surface area contributed by atoms with Crippen LogP contribution in [0.2, 0.25) is 0 Å². The normalized spacial score (nSPS) is 18.1. The van der Waals surface area contributed by atoms with E-state index in [0.29, 0.717) is 0 Å². The predicted molar refractivity (Wildman–Crippen MR) is 105 cm³/mol. The lowest BCUT2D eigenvalue weighted by Gasteiger charge is -2.28. The van der Waals surface area contributed by atoms with Gasteiger partial charge in [-0.15, -0.1) is 0 Å². The number of carbonyl (C=O) groups excluding carboxylic acids is 2. The Hall–Kier alpha value is -2.44. The summed E-state index contributed by atoms with van der Waals surface area (Å²) < 4.78 is 9.25. The number of esters is 2. The molecule has 6 nitrogen and oxygen atoms in total. The maximum absolute atomic E-state index is 11.4. The van der Waals surface area contributed by atoms with Crippen LogP contribution in [0.25, 0.3) is 12.2 Å². The molecule has 0 fully saturated rings. The van der Waals surface area contributed by atoms with Crippen LogP contribution < -0.4 is 0 Å². The fourth-order valence-corrected chi connectivity index (χ4v) is 3.01. The smallest absolute Gasteiger partial charge is 0.330 e. The molecule has 0 aliphatic carbocycles. The number of hydrogen-bond donors (Lipinski definition) is 1. The predicted octanol–water partition coefficient (Wildman–Crippen LogP) is 4.09. The highest BCUT2D eigenvalue weighted by Crippen LogP contribution is 2.45. The largest absolute Gasteiger partial charge is 0.466 e. The fourth-order valence-electron chi connectivity index (χ4n) is 3.01. The van der Waals surface area contributed by atoms with Crippen molar-refractivity contribution in [3.63, 3.8) is 0 Å². The molecule has 148 valence electrons. The Balaban J connectivity index is 0.00000176. The van der Waals surface area contributed by atoms with Crippen molar-refractivity contribution < 1.29 is 24.3 Å². The summed E-state index contributed by atoms with van der Waals surface area (Å²) in [4.78, 5) is 22.8. The molecule has 0 radical (unpaired) electrons. The van der Waals surface area contributed by atoms with E-state index < -0.39 is 17.5 Å². The lowest BCUT2D eigenvalue weighted by molar-refractivity contribution is -0.181. The molecule has 1 aliphatic rings. The average Bonchev–Trinajstić information content (AvgIpc) is 2.85. The first kappa shape index (κ1) is 22.6. The van der Waals surface area contributed by atoms with Gasteiger partial charge < -0.3 is 14.7 Å². The fraction of sp³-hybridized carbons (Fsp3) is 0.429. The molecule has 0 saturated carbocycles. The van der Waals surface area contributed by atoms with Crippen LogP contribution in [0.3, 0.4) is 0 Å². The molecular formula is C21H29NO5. The summed E-state index contributed by atoms with van der Waals surface area (Å²) in [5.41, 5.74) is 2.84. The zero-order valence-electron chi connectivity index (χ0n) is 17.1. The Kier molecular flexibility index (Phi) is 7.94. The van der Waals surface area contributed by atoms with E-state index in [1.54, 1.807) is 12.2 Å². The van der Waals surface area contributed by atoms with E-state index in [0.717, 1.165) is 22.3 Å². The van der Waals surface area contributed by atoms with Gasteiger partial charge in [0.05, 0.1) is 25.8 Å². The van der Waals surface area contributed by atoms with Gasteiger partial charge in [-0.1, -0.05) is 13.8 Å². The lowest BCUT2D eigenvalue weighted by atomic mass is 9.89. The van der Waals surface area contributed by atoms with Crippen molar-refractivity contribution in [2.24, 2.45) is 0 Å². The Morgan fingerprint density at radius 1 is 1.04 bits per heavy atom. The van der Waals surface area contributed by atoms with Gasteiger partial charge in [0.15, 0.2) is 0 Å². The van der Waals surface area contributed by atoms with E-state index in [-0.39, 0.29) is 6.04 Å². The molecule has 1 atom stereocenters. The van der Waals surface area contributed by atoms with E-state index in [2.05, 4.69) is 9.47 Å². The van der Waals surface area contributed by atoms with Gasteiger partial charge in [0, 0.05) is 12.2 Å². The zero-order valence-corrected chi connectivity index (χ0v) is 17.1. The second-order valence-corrected chi connectivity index (χ2v) is 6.36. The highest BCUT2D eigenvalue weighted by molar-refractivity contribution is 5.90. The van der Waals surface area contributed by atoms with Gasteiger partial charge in [0.1, 0.15) is 0 Å². The van der Waals surface area contributed by atoms with Crippen LogP contribution in [-0.2, 0) is 24.6 Å².